The van der Waals surface area contributed by atoms with Crippen molar-refractivity contribution in [3.05, 3.63) is 53.1 Å². The molecular weight excluding hydrogens is 370 g/mol. The Bertz CT molecular complexity index is 791. The summed E-state index contributed by atoms with van der Waals surface area (Å²) in [7, 11) is 0. The van der Waals surface area contributed by atoms with Crippen LogP contribution in [0.1, 0.15) is 19.4 Å². The van der Waals surface area contributed by atoms with Crippen LogP contribution in [0.4, 0.5) is 5.69 Å². The first kappa shape index (κ1) is 20.6. The molecule has 0 aliphatic heterocycles. The third-order valence-electron chi connectivity index (χ3n) is 3.63. The Morgan fingerprint density at radius 3 is 2.33 bits per heavy atom. The fraction of sp³-hybridized carbons (Fsp3) is 0.300. The van der Waals surface area contributed by atoms with E-state index >= 15 is 0 Å². The van der Waals surface area contributed by atoms with Gasteiger partial charge in [0.2, 0.25) is 0 Å². The first-order valence-corrected chi connectivity index (χ1v) is 8.89. The van der Waals surface area contributed by atoms with Gasteiger partial charge in [-0.1, -0.05) is 17.7 Å². The fourth-order valence-electron chi connectivity index (χ4n) is 2.19. The highest BCUT2D eigenvalue weighted by molar-refractivity contribution is 6.31. The summed E-state index contributed by atoms with van der Waals surface area (Å²) in [5.41, 5.74) is 1.42. The van der Waals surface area contributed by atoms with Crippen molar-refractivity contribution in [2.75, 3.05) is 18.5 Å². The lowest BCUT2D eigenvalue weighted by atomic mass is 10.2. The van der Waals surface area contributed by atoms with Crippen molar-refractivity contribution in [1.82, 2.24) is 0 Å². The van der Waals surface area contributed by atoms with Crippen molar-refractivity contribution < 1.29 is 23.8 Å². The van der Waals surface area contributed by atoms with Gasteiger partial charge in [-0.05, 0) is 62.7 Å². The molecule has 1 atom stereocenters. The van der Waals surface area contributed by atoms with E-state index in [9.17, 15) is 9.59 Å². The highest BCUT2D eigenvalue weighted by Crippen LogP contribution is 2.20. The van der Waals surface area contributed by atoms with Crippen LogP contribution in [0.2, 0.25) is 5.02 Å². The molecule has 7 heteroatoms. The van der Waals surface area contributed by atoms with E-state index in [1.165, 1.54) is 6.92 Å². The molecular formula is C20H22ClNO5. The summed E-state index contributed by atoms with van der Waals surface area (Å²) in [4.78, 5) is 24.1. The lowest BCUT2D eigenvalue weighted by Crippen LogP contribution is -2.31. The molecule has 6 nitrogen and oxygen atoms in total. The Labute approximate surface area is 163 Å². The predicted molar refractivity (Wildman–Crippen MR) is 103 cm³/mol. The smallest absolute Gasteiger partial charge is 0.344 e. The monoisotopic (exact) mass is 391 g/mol. The zero-order chi connectivity index (χ0) is 19.8. The molecule has 0 saturated heterocycles. The summed E-state index contributed by atoms with van der Waals surface area (Å²) < 4.78 is 15.8. The lowest BCUT2D eigenvalue weighted by molar-refractivity contribution is -0.155. The number of hydrogen-bond donors (Lipinski definition) is 1. The Morgan fingerprint density at radius 1 is 1.07 bits per heavy atom. The third kappa shape index (κ3) is 6.49. The van der Waals surface area contributed by atoms with Gasteiger partial charge < -0.3 is 19.5 Å². The molecule has 2 aromatic carbocycles. The maximum atomic E-state index is 12.2. The minimum Gasteiger partial charge on any atom is -0.494 e. The Balaban J connectivity index is 1.82. The summed E-state index contributed by atoms with van der Waals surface area (Å²) in [6.45, 7) is 5.49. The summed E-state index contributed by atoms with van der Waals surface area (Å²) in [6.07, 6.45) is -0.972. The van der Waals surface area contributed by atoms with Crippen LogP contribution in [-0.2, 0) is 14.3 Å². The molecule has 0 saturated carbocycles. The van der Waals surface area contributed by atoms with Gasteiger partial charge in [-0.2, -0.15) is 0 Å². The van der Waals surface area contributed by atoms with Crippen molar-refractivity contribution in [2.24, 2.45) is 0 Å². The van der Waals surface area contributed by atoms with Crippen molar-refractivity contribution in [1.29, 1.82) is 0 Å². The van der Waals surface area contributed by atoms with E-state index in [1.54, 1.807) is 42.5 Å². The number of carbonyl (C=O) groups is 2. The SMILES string of the molecule is CCOc1ccc(OCC(=O)O[C@H](C)C(=O)Nc2cc(Cl)ccc2C)cc1. The first-order valence-electron chi connectivity index (χ1n) is 8.51. The molecule has 0 radical (unpaired) electrons. The van der Waals surface area contributed by atoms with Crippen LogP contribution in [0, 0.1) is 6.92 Å². The van der Waals surface area contributed by atoms with E-state index in [2.05, 4.69) is 5.32 Å². The average molecular weight is 392 g/mol. The number of rotatable bonds is 8. The molecule has 2 rings (SSSR count). The van der Waals surface area contributed by atoms with Gasteiger partial charge in [0, 0.05) is 10.7 Å². The van der Waals surface area contributed by atoms with Crippen LogP contribution in [0.25, 0.3) is 0 Å². The van der Waals surface area contributed by atoms with Gasteiger partial charge >= 0.3 is 5.97 Å². The third-order valence-corrected chi connectivity index (χ3v) is 3.86. The number of aryl methyl sites for hydroxylation is 1. The van der Waals surface area contributed by atoms with E-state index < -0.39 is 18.0 Å². The van der Waals surface area contributed by atoms with Crippen LogP contribution >= 0.6 is 11.6 Å². The van der Waals surface area contributed by atoms with Crippen molar-refractivity contribution in [2.45, 2.75) is 26.9 Å². The fourth-order valence-corrected chi connectivity index (χ4v) is 2.36. The summed E-state index contributed by atoms with van der Waals surface area (Å²) in [5, 5.41) is 3.20. The number of nitrogens with one attached hydrogen (secondary N) is 1. The van der Waals surface area contributed by atoms with Crippen LogP contribution in [0.15, 0.2) is 42.5 Å². The van der Waals surface area contributed by atoms with E-state index in [0.717, 1.165) is 5.56 Å². The van der Waals surface area contributed by atoms with Crippen LogP contribution in [-0.4, -0.2) is 31.2 Å². The summed E-state index contributed by atoms with van der Waals surface area (Å²) in [6, 6.07) is 12.0. The van der Waals surface area contributed by atoms with Crippen molar-refractivity contribution >= 4 is 29.2 Å². The highest BCUT2D eigenvalue weighted by atomic mass is 35.5. The number of anilines is 1. The topological polar surface area (TPSA) is 73.9 Å². The molecule has 0 aliphatic rings. The zero-order valence-corrected chi connectivity index (χ0v) is 16.2. The Morgan fingerprint density at radius 2 is 1.70 bits per heavy atom. The second-order valence-corrected chi connectivity index (χ2v) is 6.21. The van der Waals surface area contributed by atoms with E-state index in [4.69, 9.17) is 25.8 Å². The van der Waals surface area contributed by atoms with Crippen molar-refractivity contribution in [3.8, 4) is 11.5 Å². The van der Waals surface area contributed by atoms with Gasteiger partial charge in [0.1, 0.15) is 11.5 Å². The Hall–Kier alpha value is -2.73. The first-order chi connectivity index (χ1) is 12.9. The quantitative estimate of drug-likeness (QED) is 0.688. The molecule has 2 aromatic rings. The van der Waals surface area contributed by atoms with Gasteiger partial charge in [-0.25, -0.2) is 4.79 Å². The summed E-state index contributed by atoms with van der Waals surface area (Å²) in [5.74, 6) is 0.125. The second kappa shape index (κ2) is 9.83. The molecule has 1 N–H and O–H groups in total. The normalized spacial score (nSPS) is 11.4. The second-order valence-electron chi connectivity index (χ2n) is 5.77. The molecule has 0 heterocycles. The number of carbonyl (C=O) groups excluding carboxylic acids is 2. The number of ether oxygens (including phenoxy) is 3. The number of halogens is 1. The highest BCUT2D eigenvalue weighted by Gasteiger charge is 2.19. The maximum absolute atomic E-state index is 12.2. The van der Waals surface area contributed by atoms with Gasteiger partial charge in [0.15, 0.2) is 12.7 Å². The number of amides is 1. The van der Waals surface area contributed by atoms with E-state index in [0.29, 0.717) is 28.8 Å². The van der Waals surface area contributed by atoms with Gasteiger partial charge in [0.05, 0.1) is 6.61 Å². The average Bonchev–Trinajstić information content (AvgIpc) is 2.64. The standard InChI is InChI=1S/C20H22ClNO5/c1-4-25-16-7-9-17(10-8-16)26-12-19(23)27-14(3)20(24)22-18-11-15(21)6-5-13(18)2/h5-11,14H,4,12H2,1-3H3,(H,22,24)/t14-/m1/s1. The van der Waals surface area contributed by atoms with E-state index in [1.807, 2.05) is 13.8 Å². The van der Waals surface area contributed by atoms with E-state index in [-0.39, 0.29) is 6.61 Å². The molecule has 27 heavy (non-hydrogen) atoms. The molecule has 1 amide bonds. The predicted octanol–water partition coefficient (Wildman–Crippen LogP) is 4.00. The van der Waals surface area contributed by atoms with Gasteiger partial charge in [0.25, 0.3) is 5.91 Å². The molecule has 0 fully saturated rings. The summed E-state index contributed by atoms with van der Waals surface area (Å²) >= 11 is 5.93. The largest absolute Gasteiger partial charge is 0.494 e. The molecule has 0 unspecified atom stereocenters. The number of benzene rings is 2. The lowest BCUT2D eigenvalue weighted by Gasteiger charge is -2.15. The minimum absolute atomic E-state index is 0.304. The molecule has 0 spiro atoms. The number of esters is 1. The molecule has 0 aromatic heterocycles. The Kier molecular flexibility index (Phi) is 7.49. The van der Waals surface area contributed by atoms with Crippen LogP contribution < -0.4 is 14.8 Å². The maximum Gasteiger partial charge on any atom is 0.344 e. The zero-order valence-electron chi connectivity index (χ0n) is 15.5. The minimum atomic E-state index is -0.972. The molecule has 0 aliphatic carbocycles. The van der Waals surface area contributed by atoms with Gasteiger partial charge in [-0.15, -0.1) is 0 Å². The number of hydrogen-bond acceptors (Lipinski definition) is 5. The van der Waals surface area contributed by atoms with Crippen LogP contribution in [0.3, 0.4) is 0 Å². The van der Waals surface area contributed by atoms with Gasteiger partial charge in [-0.3, -0.25) is 4.79 Å². The van der Waals surface area contributed by atoms with Crippen LogP contribution in [0.5, 0.6) is 11.5 Å². The van der Waals surface area contributed by atoms with Crippen molar-refractivity contribution in [3.63, 3.8) is 0 Å². The molecule has 144 valence electrons. The molecule has 0 bridgehead atoms.